The van der Waals surface area contributed by atoms with E-state index in [4.69, 9.17) is 0 Å². The van der Waals surface area contributed by atoms with Crippen molar-refractivity contribution in [3.63, 3.8) is 0 Å². The predicted octanol–water partition coefficient (Wildman–Crippen LogP) is -1.83. The summed E-state index contributed by atoms with van der Waals surface area (Å²) in [6.45, 7) is 0. The van der Waals surface area contributed by atoms with Gasteiger partial charge in [-0.25, -0.2) is 12.1 Å². The minimum absolute atomic E-state index is 0. The Labute approximate surface area is 69.5 Å². The van der Waals surface area contributed by atoms with Crippen LogP contribution in [-0.4, -0.2) is 23.1 Å². The van der Waals surface area contributed by atoms with Crippen molar-refractivity contribution in [3.8, 4) is 0 Å². The van der Waals surface area contributed by atoms with Crippen LogP contribution in [0.1, 0.15) is 0 Å². The summed E-state index contributed by atoms with van der Waals surface area (Å²) < 4.78 is 0. The van der Waals surface area contributed by atoms with Crippen molar-refractivity contribution in [2.45, 2.75) is 0 Å². The van der Waals surface area contributed by atoms with E-state index < -0.39 is 0 Å². The Balaban J connectivity index is 0. The Bertz CT molecular complexity index is 68.2. The fourth-order valence-corrected chi connectivity index (χ4v) is 0.589. The van der Waals surface area contributed by atoms with Crippen molar-refractivity contribution >= 4 is 34.4 Å². The second-order valence-electron chi connectivity index (χ2n) is 0.723. The van der Waals surface area contributed by atoms with Crippen molar-refractivity contribution in [3.05, 3.63) is 22.9 Å². The quantitative estimate of drug-likeness (QED) is 0.296. The van der Waals surface area contributed by atoms with Gasteiger partial charge in [-0.3, -0.25) is 11.3 Å². The van der Waals surface area contributed by atoms with Crippen LogP contribution in [0.15, 0.2) is 16.8 Å². The molecule has 1 aromatic heterocycles. The zero-order valence-electron chi connectivity index (χ0n) is 3.73. The first-order chi connectivity index (χ1) is 2.50. The van der Waals surface area contributed by atoms with E-state index >= 15 is 0 Å². The van der Waals surface area contributed by atoms with Crippen LogP contribution in [0.4, 0.5) is 0 Å². The average molecular weight is 143 g/mol. The smallest absolute Gasteiger partial charge is 1.00 e. The maximum Gasteiger partial charge on any atom is 2.00 e. The molecule has 0 spiro atoms. The molecular formula is C4H3ClMgS. The molecule has 0 aliphatic heterocycles. The third-order valence-electron chi connectivity index (χ3n) is 0.379. The second-order valence-corrected chi connectivity index (χ2v) is 1.50. The van der Waals surface area contributed by atoms with Crippen LogP contribution in [0.25, 0.3) is 0 Å². The molecule has 0 nitrogen and oxygen atoms in total. The van der Waals surface area contributed by atoms with E-state index in [-0.39, 0.29) is 35.5 Å². The first-order valence-corrected chi connectivity index (χ1v) is 2.32. The van der Waals surface area contributed by atoms with Crippen molar-refractivity contribution in [1.29, 1.82) is 0 Å². The maximum absolute atomic E-state index is 2.88. The largest absolute Gasteiger partial charge is 2.00 e. The van der Waals surface area contributed by atoms with Crippen LogP contribution >= 0.6 is 11.3 Å². The van der Waals surface area contributed by atoms with Gasteiger partial charge in [-0.1, -0.05) is 0 Å². The Morgan fingerprint density at radius 3 is 2.29 bits per heavy atom. The molecule has 7 heavy (non-hydrogen) atoms. The number of hydrogen-bond acceptors (Lipinski definition) is 1. The van der Waals surface area contributed by atoms with Gasteiger partial charge in [0.2, 0.25) is 0 Å². The van der Waals surface area contributed by atoms with Gasteiger partial charge in [-0.2, -0.15) is 5.38 Å². The molecule has 0 aliphatic carbocycles. The molecule has 0 saturated heterocycles. The van der Waals surface area contributed by atoms with Gasteiger partial charge >= 0.3 is 23.1 Å². The Hall–Kier alpha value is 0.756. The van der Waals surface area contributed by atoms with Crippen LogP contribution in [0.3, 0.4) is 0 Å². The summed E-state index contributed by atoms with van der Waals surface area (Å²) in [5.41, 5.74) is 0. The standard InChI is InChI=1S/C4H3S.ClH.Mg/c1-2-4-5-3-1;;/h1,3-4H;1H;/q-1;;+2/p-1. The molecule has 0 atom stereocenters. The minimum Gasteiger partial charge on any atom is -1.00 e. The van der Waals surface area contributed by atoms with Crippen molar-refractivity contribution < 1.29 is 12.4 Å². The van der Waals surface area contributed by atoms with Gasteiger partial charge in [-0.05, 0) is 0 Å². The van der Waals surface area contributed by atoms with E-state index in [0.717, 1.165) is 0 Å². The van der Waals surface area contributed by atoms with Gasteiger partial charge in [0.05, 0.1) is 0 Å². The number of rotatable bonds is 0. The number of halogens is 1. The molecule has 0 saturated carbocycles. The van der Waals surface area contributed by atoms with Gasteiger partial charge in [0.1, 0.15) is 0 Å². The van der Waals surface area contributed by atoms with E-state index in [1.54, 1.807) is 11.3 Å². The molecule has 0 aliphatic rings. The molecule has 1 aromatic rings. The maximum atomic E-state index is 2.88. The summed E-state index contributed by atoms with van der Waals surface area (Å²) in [4.78, 5) is 0. The summed E-state index contributed by atoms with van der Waals surface area (Å²) >= 11 is 1.66. The average Bonchev–Trinajstić information content (AvgIpc) is 1.76. The Kier molecular flexibility index (Phi) is 10.3. The molecule has 0 fully saturated rings. The zero-order valence-corrected chi connectivity index (χ0v) is 6.71. The monoisotopic (exact) mass is 142 g/mol. The molecule has 0 unspecified atom stereocenters. The molecule has 0 amide bonds. The summed E-state index contributed by atoms with van der Waals surface area (Å²) in [6, 6.07) is 4.77. The molecule has 0 radical (unpaired) electrons. The van der Waals surface area contributed by atoms with Crippen LogP contribution < -0.4 is 12.4 Å². The third-order valence-corrected chi connectivity index (χ3v) is 0.944. The fraction of sp³-hybridized carbons (Fsp3) is 0. The van der Waals surface area contributed by atoms with Gasteiger partial charge < -0.3 is 12.4 Å². The van der Waals surface area contributed by atoms with Gasteiger partial charge in [0.25, 0.3) is 0 Å². The summed E-state index contributed by atoms with van der Waals surface area (Å²) in [6.07, 6.45) is 0. The molecule has 34 valence electrons. The fourth-order valence-electron chi connectivity index (χ4n) is 0.196. The summed E-state index contributed by atoms with van der Waals surface area (Å²) in [5, 5.41) is 3.90. The SMILES string of the molecule is [Cl-].[Mg+2].[c-]1ccsc1. The van der Waals surface area contributed by atoms with E-state index in [2.05, 4.69) is 6.07 Å². The Morgan fingerprint density at radius 1 is 1.43 bits per heavy atom. The predicted molar refractivity (Wildman–Crippen MR) is 28.9 cm³/mol. The van der Waals surface area contributed by atoms with E-state index in [1.807, 2.05) is 16.8 Å². The number of thiophene rings is 1. The molecule has 0 bridgehead atoms. The van der Waals surface area contributed by atoms with Gasteiger partial charge in [0.15, 0.2) is 0 Å². The summed E-state index contributed by atoms with van der Waals surface area (Å²) in [7, 11) is 0. The Morgan fingerprint density at radius 2 is 2.14 bits per heavy atom. The van der Waals surface area contributed by atoms with Gasteiger partial charge in [0, 0.05) is 0 Å². The number of hydrogen-bond donors (Lipinski definition) is 0. The first-order valence-electron chi connectivity index (χ1n) is 1.38. The first kappa shape index (κ1) is 10.7. The van der Waals surface area contributed by atoms with E-state index in [0.29, 0.717) is 0 Å². The van der Waals surface area contributed by atoms with E-state index in [9.17, 15) is 0 Å². The van der Waals surface area contributed by atoms with Crippen LogP contribution in [0.5, 0.6) is 0 Å². The normalized spacial score (nSPS) is 5.71. The van der Waals surface area contributed by atoms with Crippen LogP contribution in [-0.2, 0) is 0 Å². The van der Waals surface area contributed by atoms with Crippen molar-refractivity contribution in [2.24, 2.45) is 0 Å². The van der Waals surface area contributed by atoms with Crippen molar-refractivity contribution in [1.82, 2.24) is 0 Å². The molecule has 3 heteroatoms. The molecular weight excluding hydrogens is 140 g/mol. The zero-order chi connectivity index (χ0) is 3.54. The third kappa shape index (κ3) is 4.61. The molecule has 1 rings (SSSR count). The van der Waals surface area contributed by atoms with Crippen molar-refractivity contribution in [2.75, 3.05) is 0 Å². The van der Waals surface area contributed by atoms with Gasteiger partial charge in [-0.15, -0.1) is 5.38 Å². The second kappa shape index (κ2) is 6.76. The molecule has 0 N–H and O–H groups in total. The minimum atomic E-state index is 0. The molecule has 0 aromatic carbocycles. The summed E-state index contributed by atoms with van der Waals surface area (Å²) in [5.74, 6) is 0. The molecule has 1 heterocycles. The van der Waals surface area contributed by atoms with Crippen LogP contribution in [0.2, 0.25) is 0 Å². The topological polar surface area (TPSA) is 0 Å². The van der Waals surface area contributed by atoms with Crippen LogP contribution in [0, 0.1) is 6.07 Å². The van der Waals surface area contributed by atoms with E-state index in [1.165, 1.54) is 0 Å².